The van der Waals surface area contributed by atoms with Crippen molar-refractivity contribution in [1.82, 2.24) is 4.98 Å². The molecule has 0 saturated heterocycles. The highest BCUT2D eigenvalue weighted by atomic mass is 32.2. The summed E-state index contributed by atoms with van der Waals surface area (Å²) in [7, 11) is -3.39. The van der Waals surface area contributed by atoms with Crippen molar-refractivity contribution in [2.45, 2.75) is 16.3 Å². The molecule has 2 aromatic rings. The number of hydrogen-bond donors (Lipinski definition) is 2. The van der Waals surface area contributed by atoms with Gasteiger partial charge in [0.15, 0.2) is 0 Å². The highest BCUT2D eigenvalue weighted by Crippen LogP contribution is 2.32. The Morgan fingerprint density at radius 3 is 2.75 bits per heavy atom. The molecule has 3 rings (SSSR count). The molecule has 1 aliphatic rings. The second kappa shape index (κ2) is 3.12. The summed E-state index contributed by atoms with van der Waals surface area (Å²) in [5, 5.41) is 3.12. The number of aromatic nitrogens is 1. The summed E-state index contributed by atoms with van der Waals surface area (Å²) in [6, 6.07) is 6.96. The summed E-state index contributed by atoms with van der Waals surface area (Å²) in [4.78, 5) is 3.54. The molecule has 0 saturated carbocycles. The lowest BCUT2D eigenvalue weighted by Crippen LogP contribution is -2.01. The summed E-state index contributed by atoms with van der Waals surface area (Å²) in [5.41, 5.74) is 1.44. The lowest BCUT2D eigenvalue weighted by molar-refractivity contribution is 0.596. The Bertz CT molecular complexity index is 644. The molecule has 0 amide bonds. The molecule has 0 unspecified atom stereocenters. The van der Waals surface area contributed by atoms with E-state index in [9.17, 15) is 8.42 Å². The first-order valence-electron chi connectivity index (χ1n) is 4.93. The van der Waals surface area contributed by atoms with E-state index in [4.69, 9.17) is 0 Å². The van der Waals surface area contributed by atoms with Crippen LogP contribution in [0.3, 0.4) is 0 Å². The van der Waals surface area contributed by atoms with E-state index >= 15 is 0 Å². The highest BCUT2D eigenvalue weighted by Gasteiger charge is 2.27. The topological polar surface area (TPSA) is 62.0 Å². The van der Waals surface area contributed by atoms with Crippen molar-refractivity contribution in [3.05, 3.63) is 42.2 Å². The molecule has 5 heteroatoms. The number of rotatable bonds is 0. The SMILES string of the molecule is O=S1(=O)c2c[nH]cc2CNc2ccccc21. The normalized spacial score (nSPS) is 16.8. The molecule has 1 aromatic heterocycles. The standard InChI is InChI=1S/C11H10N2O2S/c14-16(15)10-4-2-1-3-9(10)13-6-8-5-12-7-11(8)16/h1-5,7,12-13H,6H2. The van der Waals surface area contributed by atoms with Crippen LogP contribution in [-0.4, -0.2) is 13.4 Å². The number of sulfone groups is 1. The number of benzene rings is 1. The molecule has 2 heterocycles. The van der Waals surface area contributed by atoms with Crippen molar-refractivity contribution in [3.63, 3.8) is 0 Å². The molecule has 0 radical (unpaired) electrons. The summed E-state index contributed by atoms with van der Waals surface area (Å²) < 4.78 is 24.6. The zero-order valence-corrected chi connectivity index (χ0v) is 9.21. The van der Waals surface area contributed by atoms with Crippen LogP contribution in [0.1, 0.15) is 5.56 Å². The van der Waals surface area contributed by atoms with Crippen molar-refractivity contribution < 1.29 is 8.42 Å². The lowest BCUT2D eigenvalue weighted by atomic mass is 10.3. The Hall–Kier alpha value is -1.75. The van der Waals surface area contributed by atoms with E-state index in [1.807, 2.05) is 6.07 Å². The van der Waals surface area contributed by atoms with Crippen molar-refractivity contribution in [2.75, 3.05) is 5.32 Å². The van der Waals surface area contributed by atoms with Gasteiger partial charge < -0.3 is 10.3 Å². The Morgan fingerprint density at radius 2 is 1.88 bits per heavy atom. The number of H-pyrrole nitrogens is 1. The van der Waals surface area contributed by atoms with Crippen LogP contribution in [0, 0.1) is 0 Å². The van der Waals surface area contributed by atoms with Gasteiger partial charge in [-0.3, -0.25) is 0 Å². The fourth-order valence-corrected chi connectivity index (χ4v) is 3.55. The number of hydrogen-bond acceptors (Lipinski definition) is 3. The maximum absolute atomic E-state index is 12.3. The van der Waals surface area contributed by atoms with Gasteiger partial charge in [-0.15, -0.1) is 0 Å². The van der Waals surface area contributed by atoms with Crippen LogP contribution in [0.5, 0.6) is 0 Å². The largest absolute Gasteiger partial charge is 0.380 e. The van der Waals surface area contributed by atoms with E-state index in [-0.39, 0.29) is 0 Å². The molecule has 1 aliphatic heterocycles. The van der Waals surface area contributed by atoms with E-state index in [1.54, 1.807) is 24.4 Å². The second-order valence-electron chi connectivity index (χ2n) is 3.70. The maximum Gasteiger partial charge on any atom is 0.210 e. The number of aromatic amines is 1. The summed E-state index contributed by atoms with van der Waals surface area (Å²) in [6.07, 6.45) is 3.25. The van der Waals surface area contributed by atoms with Crippen LogP contribution in [0.4, 0.5) is 5.69 Å². The summed E-state index contributed by atoms with van der Waals surface area (Å²) in [5.74, 6) is 0. The zero-order chi connectivity index (χ0) is 11.2. The van der Waals surface area contributed by atoms with Crippen LogP contribution in [0.15, 0.2) is 46.5 Å². The van der Waals surface area contributed by atoms with Crippen molar-refractivity contribution in [1.29, 1.82) is 0 Å². The molecule has 0 fully saturated rings. The van der Waals surface area contributed by atoms with E-state index in [1.165, 1.54) is 6.20 Å². The number of fused-ring (bicyclic) bond motifs is 2. The fraction of sp³-hybridized carbons (Fsp3) is 0.0909. The predicted octanol–water partition coefficient (Wildman–Crippen LogP) is 1.77. The van der Waals surface area contributed by atoms with Gasteiger partial charge in [0.2, 0.25) is 9.84 Å². The minimum absolute atomic E-state index is 0.341. The molecule has 0 atom stereocenters. The molecular formula is C11H10N2O2S. The van der Waals surface area contributed by atoms with Crippen molar-refractivity contribution in [2.24, 2.45) is 0 Å². The van der Waals surface area contributed by atoms with Crippen LogP contribution in [0.2, 0.25) is 0 Å². The van der Waals surface area contributed by atoms with E-state index in [2.05, 4.69) is 10.3 Å². The van der Waals surface area contributed by atoms with E-state index < -0.39 is 9.84 Å². The smallest absolute Gasteiger partial charge is 0.210 e. The molecule has 4 nitrogen and oxygen atoms in total. The fourth-order valence-electron chi connectivity index (χ4n) is 1.93. The van der Waals surface area contributed by atoms with Crippen molar-refractivity contribution in [3.8, 4) is 0 Å². The lowest BCUT2D eigenvalue weighted by Gasteiger charge is -2.06. The summed E-state index contributed by atoms with van der Waals surface area (Å²) >= 11 is 0. The molecule has 16 heavy (non-hydrogen) atoms. The molecule has 2 N–H and O–H groups in total. The molecule has 82 valence electrons. The quantitative estimate of drug-likeness (QED) is 0.730. The first-order valence-corrected chi connectivity index (χ1v) is 6.41. The van der Waals surface area contributed by atoms with Crippen LogP contribution < -0.4 is 5.32 Å². The van der Waals surface area contributed by atoms with E-state index in [0.717, 1.165) is 5.56 Å². The number of anilines is 1. The average Bonchev–Trinajstić information content (AvgIpc) is 2.72. The summed E-state index contributed by atoms with van der Waals surface area (Å²) in [6.45, 7) is 0.523. The second-order valence-corrected chi connectivity index (χ2v) is 5.58. The van der Waals surface area contributed by atoms with Crippen LogP contribution >= 0.6 is 0 Å². The highest BCUT2D eigenvalue weighted by molar-refractivity contribution is 7.91. The molecule has 1 aromatic carbocycles. The average molecular weight is 234 g/mol. The molecule has 0 aliphatic carbocycles. The van der Waals surface area contributed by atoms with Gasteiger partial charge in [-0.2, -0.15) is 0 Å². The predicted molar refractivity (Wildman–Crippen MR) is 60.0 cm³/mol. The van der Waals surface area contributed by atoms with Crippen molar-refractivity contribution >= 4 is 15.5 Å². The molecule has 0 bridgehead atoms. The molecule has 0 spiro atoms. The third kappa shape index (κ3) is 1.18. The molecular weight excluding hydrogens is 224 g/mol. The van der Waals surface area contributed by atoms with Gasteiger partial charge in [0.1, 0.15) is 0 Å². The van der Waals surface area contributed by atoms with Gasteiger partial charge >= 0.3 is 0 Å². The Balaban J connectivity index is 2.36. The number of nitrogens with one attached hydrogen (secondary N) is 2. The van der Waals surface area contributed by atoms with E-state index in [0.29, 0.717) is 22.0 Å². The first-order chi connectivity index (χ1) is 7.69. The third-order valence-electron chi connectivity index (χ3n) is 2.72. The number of para-hydroxylation sites is 1. The van der Waals surface area contributed by atoms with Gasteiger partial charge in [-0.05, 0) is 12.1 Å². The van der Waals surface area contributed by atoms with Crippen LogP contribution in [-0.2, 0) is 16.4 Å². The minimum Gasteiger partial charge on any atom is -0.380 e. The van der Waals surface area contributed by atoms with Gasteiger partial charge in [0.25, 0.3) is 0 Å². The van der Waals surface area contributed by atoms with Gasteiger partial charge in [-0.1, -0.05) is 12.1 Å². The third-order valence-corrected chi connectivity index (χ3v) is 4.62. The Labute approximate surface area is 93.2 Å². The Kier molecular flexibility index (Phi) is 1.85. The maximum atomic E-state index is 12.3. The van der Waals surface area contributed by atoms with Gasteiger partial charge in [-0.25, -0.2) is 8.42 Å². The zero-order valence-electron chi connectivity index (χ0n) is 8.40. The van der Waals surface area contributed by atoms with Crippen LogP contribution in [0.25, 0.3) is 0 Å². The van der Waals surface area contributed by atoms with Gasteiger partial charge in [0, 0.05) is 24.5 Å². The first kappa shape index (κ1) is 9.47. The monoisotopic (exact) mass is 234 g/mol. The minimum atomic E-state index is -3.39. The Morgan fingerprint density at radius 1 is 1.06 bits per heavy atom. The van der Waals surface area contributed by atoms with Gasteiger partial charge in [0.05, 0.1) is 15.5 Å².